The minimum Gasteiger partial charge on any atom is -0.478 e. The topological polar surface area (TPSA) is 74.6 Å². The highest BCUT2D eigenvalue weighted by Crippen LogP contribution is 2.12. The molecule has 0 spiro atoms. The predicted molar refractivity (Wildman–Crippen MR) is 76.8 cm³/mol. The third-order valence-corrected chi connectivity index (χ3v) is 2.70. The molecule has 0 radical (unpaired) electrons. The van der Waals surface area contributed by atoms with Crippen LogP contribution < -0.4 is 0 Å². The molecule has 0 saturated carbocycles. The zero-order valence-electron chi connectivity index (χ0n) is 10.1. The van der Waals surface area contributed by atoms with Gasteiger partial charge in [0.05, 0.1) is 11.1 Å². The van der Waals surface area contributed by atoms with E-state index in [2.05, 4.69) is 0 Å². The summed E-state index contributed by atoms with van der Waals surface area (Å²) in [6.07, 6.45) is 0. The van der Waals surface area contributed by atoms with Crippen LogP contribution in [0.15, 0.2) is 48.5 Å². The Bertz CT molecular complexity index is 555. The number of carboxylic acids is 2. The summed E-state index contributed by atoms with van der Waals surface area (Å²) in [4.78, 5) is 20.9. The molecule has 0 atom stereocenters. The van der Waals surface area contributed by atoms with Crippen LogP contribution in [-0.2, 0) is 0 Å². The van der Waals surface area contributed by atoms with E-state index in [1.165, 1.54) is 24.3 Å². The maximum Gasteiger partial charge on any atom is 0.336 e. The number of benzene rings is 2. The number of carboxylic acid groups (broad SMARTS) is 2. The minimum absolute atomic E-state index is 0.190. The monoisotopic (exact) mass is 312 g/mol. The summed E-state index contributed by atoms with van der Waals surface area (Å²) in [5, 5.41) is 18.5. The van der Waals surface area contributed by atoms with Crippen molar-refractivity contribution in [2.75, 3.05) is 0 Å². The summed E-state index contributed by atoms with van der Waals surface area (Å²) >= 11 is 11.1. The minimum atomic E-state index is -1.23. The van der Waals surface area contributed by atoms with Crippen molar-refractivity contribution < 1.29 is 19.8 Å². The van der Waals surface area contributed by atoms with Crippen LogP contribution in [0.25, 0.3) is 0 Å². The molecule has 0 aliphatic carbocycles. The van der Waals surface area contributed by atoms with Gasteiger partial charge in [-0.25, -0.2) is 9.59 Å². The number of hydrogen-bond acceptors (Lipinski definition) is 2. The molecular weight excluding hydrogens is 303 g/mol. The second-order valence-electron chi connectivity index (χ2n) is 3.59. The quantitative estimate of drug-likeness (QED) is 0.876. The van der Waals surface area contributed by atoms with Gasteiger partial charge in [-0.1, -0.05) is 35.3 Å². The van der Waals surface area contributed by atoms with Gasteiger partial charge in [0.1, 0.15) is 0 Å². The van der Waals surface area contributed by atoms with Gasteiger partial charge in [0.25, 0.3) is 0 Å². The Morgan fingerprint density at radius 2 is 1.00 bits per heavy atom. The molecule has 0 aliphatic heterocycles. The fraction of sp³-hybridized carbons (Fsp3) is 0. The number of halogens is 2. The van der Waals surface area contributed by atoms with Gasteiger partial charge in [0, 0.05) is 10.0 Å². The average Bonchev–Trinajstić information content (AvgIpc) is 2.42. The van der Waals surface area contributed by atoms with Crippen LogP contribution in [0.1, 0.15) is 20.7 Å². The Kier molecular flexibility index (Phi) is 6.03. The Labute approximate surface area is 125 Å². The predicted octanol–water partition coefficient (Wildman–Crippen LogP) is 4.08. The van der Waals surface area contributed by atoms with Gasteiger partial charge in [-0.05, 0) is 36.4 Å². The van der Waals surface area contributed by atoms with Crippen LogP contribution in [0.5, 0.6) is 0 Å². The molecule has 6 heteroatoms. The molecular formula is C14H10Cl2O4. The second kappa shape index (κ2) is 7.53. The van der Waals surface area contributed by atoms with E-state index < -0.39 is 11.9 Å². The first-order valence-electron chi connectivity index (χ1n) is 5.38. The van der Waals surface area contributed by atoms with Gasteiger partial charge in [0.2, 0.25) is 0 Å². The molecule has 0 bridgehead atoms. The molecule has 20 heavy (non-hydrogen) atoms. The fourth-order valence-corrected chi connectivity index (χ4v) is 1.54. The average molecular weight is 313 g/mol. The Hall–Kier alpha value is -2.04. The van der Waals surface area contributed by atoms with Crippen LogP contribution in [0.4, 0.5) is 0 Å². The molecule has 4 nitrogen and oxygen atoms in total. The molecule has 0 unspecified atom stereocenters. The molecule has 0 aliphatic rings. The van der Waals surface area contributed by atoms with E-state index in [0.717, 1.165) is 10.0 Å². The van der Waals surface area contributed by atoms with Crippen LogP contribution in [0.3, 0.4) is 0 Å². The number of rotatable bonds is 2. The van der Waals surface area contributed by atoms with Crippen molar-refractivity contribution in [1.29, 1.82) is 0 Å². The van der Waals surface area contributed by atoms with Crippen LogP contribution in [0, 0.1) is 0 Å². The van der Waals surface area contributed by atoms with Crippen LogP contribution in [-0.4, -0.2) is 22.2 Å². The number of carbonyl (C=O) groups is 2. The third-order valence-electron chi connectivity index (χ3n) is 2.19. The molecule has 0 aromatic heterocycles. The third kappa shape index (κ3) is 4.91. The molecule has 0 saturated heterocycles. The lowest BCUT2D eigenvalue weighted by atomic mass is 10.1. The zero-order chi connectivity index (χ0) is 15.1. The standard InChI is InChI=1S/C8H6O4.C6H4Cl2/c9-7(10)5-3-1-2-4-6(5)8(11)12;7-5-1-2-6(8)4-3-5/h1-4H,(H,9,10)(H,11,12);1-4H. The van der Waals surface area contributed by atoms with E-state index in [0.29, 0.717) is 0 Å². The summed E-state index contributed by atoms with van der Waals surface area (Å²) in [6, 6.07) is 12.5. The largest absolute Gasteiger partial charge is 0.478 e. The lowest BCUT2D eigenvalue weighted by molar-refractivity contribution is 0.0651. The second-order valence-corrected chi connectivity index (χ2v) is 4.47. The Morgan fingerprint density at radius 1 is 0.700 bits per heavy atom. The summed E-state index contributed by atoms with van der Waals surface area (Å²) in [6.45, 7) is 0. The molecule has 0 fully saturated rings. The van der Waals surface area contributed by atoms with Gasteiger partial charge >= 0.3 is 11.9 Å². The van der Waals surface area contributed by atoms with Gasteiger partial charge < -0.3 is 10.2 Å². The molecule has 104 valence electrons. The fourth-order valence-electron chi connectivity index (χ4n) is 1.29. The van der Waals surface area contributed by atoms with E-state index in [9.17, 15) is 9.59 Å². The van der Waals surface area contributed by atoms with Crippen molar-refractivity contribution >= 4 is 35.1 Å². The van der Waals surface area contributed by atoms with Crippen molar-refractivity contribution in [3.8, 4) is 0 Å². The first-order valence-corrected chi connectivity index (χ1v) is 6.14. The van der Waals surface area contributed by atoms with E-state index in [1.807, 2.05) is 0 Å². The molecule has 0 heterocycles. The van der Waals surface area contributed by atoms with Crippen molar-refractivity contribution in [2.45, 2.75) is 0 Å². The summed E-state index contributed by atoms with van der Waals surface area (Å²) in [7, 11) is 0. The maximum atomic E-state index is 10.5. The zero-order valence-corrected chi connectivity index (χ0v) is 11.6. The summed E-state index contributed by atoms with van der Waals surface area (Å²) in [5.41, 5.74) is -0.380. The van der Waals surface area contributed by atoms with Crippen molar-refractivity contribution in [3.05, 3.63) is 69.7 Å². The first kappa shape index (κ1) is 16.0. The van der Waals surface area contributed by atoms with Crippen LogP contribution in [0.2, 0.25) is 10.0 Å². The summed E-state index contributed by atoms with van der Waals surface area (Å²) in [5.74, 6) is -2.46. The van der Waals surface area contributed by atoms with E-state index in [-0.39, 0.29) is 11.1 Å². The highest BCUT2D eigenvalue weighted by molar-refractivity contribution is 6.32. The van der Waals surface area contributed by atoms with Gasteiger partial charge in [-0.2, -0.15) is 0 Å². The normalized spacial score (nSPS) is 9.30. The van der Waals surface area contributed by atoms with Crippen molar-refractivity contribution in [1.82, 2.24) is 0 Å². The smallest absolute Gasteiger partial charge is 0.336 e. The van der Waals surface area contributed by atoms with Crippen molar-refractivity contribution in [3.63, 3.8) is 0 Å². The number of aromatic carboxylic acids is 2. The molecule has 0 amide bonds. The van der Waals surface area contributed by atoms with Crippen molar-refractivity contribution in [2.24, 2.45) is 0 Å². The lowest BCUT2D eigenvalue weighted by Crippen LogP contribution is -2.06. The Balaban J connectivity index is 0.000000217. The SMILES string of the molecule is Clc1ccc(Cl)cc1.O=C(O)c1ccccc1C(=O)O. The highest BCUT2D eigenvalue weighted by Gasteiger charge is 2.13. The van der Waals surface area contributed by atoms with Gasteiger partial charge in [-0.15, -0.1) is 0 Å². The Morgan fingerprint density at radius 3 is 1.25 bits per heavy atom. The first-order chi connectivity index (χ1) is 9.41. The lowest BCUT2D eigenvalue weighted by Gasteiger charge is -1.98. The molecule has 2 rings (SSSR count). The highest BCUT2D eigenvalue weighted by atomic mass is 35.5. The van der Waals surface area contributed by atoms with E-state index in [4.69, 9.17) is 33.4 Å². The van der Waals surface area contributed by atoms with E-state index >= 15 is 0 Å². The van der Waals surface area contributed by atoms with Gasteiger partial charge in [-0.3, -0.25) is 0 Å². The van der Waals surface area contributed by atoms with Gasteiger partial charge in [0.15, 0.2) is 0 Å². The molecule has 2 aromatic rings. The van der Waals surface area contributed by atoms with Crippen LogP contribution >= 0.6 is 23.2 Å². The maximum absolute atomic E-state index is 10.5. The summed E-state index contributed by atoms with van der Waals surface area (Å²) < 4.78 is 0. The molecule has 2 aromatic carbocycles. The van der Waals surface area contributed by atoms with E-state index in [1.54, 1.807) is 24.3 Å². The number of hydrogen-bond donors (Lipinski definition) is 2. The molecule has 2 N–H and O–H groups in total.